The van der Waals surface area contributed by atoms with E-state index in [4.69, 9.17) is 4.74 Å². The van der Waals surface area contributed by atoms with Crippen molar-refractivity contribution in [2.45, 2.75) is 69.9 Å². The summed E-state index contributed by atoms with van der Waals surface area (Å²) in [7, 11) is 0. The first-order valence-electron chi connectivity index (χ1n) is 10.0. The van der Waals surface area contributed by atoms with Crippen molar-refractivity contribution in [3.63, 3.8) is 0 Å². The molecule has 2 N–H and O–H groups in total. The molecule has 0 spiro atoms. The van der Waals surface area contributed by atoms with E-state index >= 15 is 0 Å². The second-order valence-corrected chi connectivity index (χ2v) is 8.53. The van der Waals surface area contributed by atoms with E-state index in [1.165, 1.54) is 6.20 Å². The minimum Gasteiger partial charge on any atom is -0.443 e. The highest BCUT2D eigenvalue weighted by atomic mass is 16.6. The minimum absolute atomic E-state index is 0.176. The van der Waals surface area contributed by atoms with Gasteiger partial charge in [-0.1, -0.05) is 12.8 Å². The normalized spacial score (nSPS) is 34.0. The van der Waals surface area contributed by atoms with Crippen LogP contribution in [0.5, 0.6) is 0 Å². The van der Waals surface area contributed by atoms with Crippen LogP contribution in [0.4, 0.5) is 4.79 Å². The first-order chi connectivity index (χ1) is 12.9. The van der Waals surface area contributed by atoms with Gasteiger partial charge < -0.3 is 15.4 Å². The number of nitrogens with zero attached hydrogens (tertiary/aromatic N) is 2. The Hall–Kier alpha value is -2.18. The third kappa shape index (κ3) is 3.39. The first-order valence-corrected chi connectivity index (χ1v) is 10.0. The highest BCUT2D eigenvalue weighted by Crippen LogP contribution is 2.59. The Morgan fingerprint density at radius 2 is 2.19 bits per heavy atom. The van der Waals surface area contributed by atoms with E-state index < -0.39 is 5.60 Å². The highest BCUT2D eigenvalue weighted by Gasteiger charge is 2.61. The zero-order chi connectivity index (χ0) is 19.1. The molecule has 4 unspecified atom stereocenters. The van der Waals surface area contributed by atoms with Crippen LogP contribution < -0.4 is 10.6 Å². The van der Waals surface area contributed by atoms with Crippen molar-refractivity contribution in [2.24, 2.45) is 11.8 Å². The molecule has 0 aliphatic heterocycles. The van der Waals surface area contributed by atoms with Gasteiger partial charge in [0.15, 0.2) is 0 Å². The standard InChI is InChI=1S/C20H28N4O3/c1-3-22-18(26)27-19-8-14-5-4-6-20(12-19,15(7-14)9-19)24-17(25)16-11-21-10-13(2)23-16/h10-11,14-15H,3-9,12H2,1-2H3,(H,22,26)(H,24,25). The molecule has 3 fully saturated rings. The van der Waals surface area contributed by atoms with Crippen LogP contribution in [-0.4, -0.2) is 39.7 Å². The van der Waals surface area contributed by atoms with Crippen LogP contribution in [0.25, 0.3) is 0 Å². The molecule has 1 heterocycles. The predicted octanol–water partition coefficient (Wildman–Crippen LogP) is 2.74. The van der Waals surface area contributed by atoms with Gasteiger partial charge in [0.25, 0.3) is 5.91 Å². The molecule has 0 saturated heterocycles. The van der Waals surface area contributed by atoms with Gasteiger partial charge in [-0.05, 0) is 51.4 Å². The Kier molecular flexibility index (Phi) is 4.56. The van der Waals surface area contributed by atoms with Gasteiger partial charge in [-0.3, -0.25) is 9.78 Å². The molecule has 0 aromatic carbocycles. The summed E-state index contributed by atoms with van der Waals surface area (Å²) in [5.41, 5.74) is 0.298. The fourth-order valence-corrected chi connectivity index (χ4v) is 5.70. The number of carbonyl (C=O) groups excluding carboxylic acids is 2. The maximum atomic E-state index is 12.9. The van der Waals surface area contributed by atoms with E-state index in [0.717, 1.165) is 44.2 Å². The van der Waals surface area contributed by atoms with Crippen molar-refractivity contribution in [3.8, 4) is 0 Å². The van der Waals surface area contributed by atoms with Crippen LogP contribution in [0.2, 0.25) is 0 Å². The molecular formula is C20H28N4O3. The summed E-state index contributed by atoms with van der Waals surface area (Å²) in [6.45, 7) is 4.27. The average Bonchev–Trinajstić information content (AvgIpc) is 2.72. The van der Waals surface area contributed by atoms with Crippen molar-refractivity contribution in [1.82, 2.24) is 20.6 Å². The lowest BCUT2D eigenvalue weighted by Crippen LogP contribution is -2.51. The monoisotopic (exact) mass is 372 g/mol. The Bertz CT molecular complexity index is 754. The molecule has 4 rings (SSSR count). The number of fused-ring (bicyclic) bond motifs is 2. The second-order valence-electron chi connectivity index (χ2n) is 8.53. The molecule has 146 valence electrons. The predicted molar refractivity (Wildman–Crippen MR) is 99.2 cm³/mol. The van der Waals surface area contributed by atoms with Crippen LogP contribution in [0, 0.1) is 18.8 Å². The van der Waals surface area contributed by atoms with E-state index in [9.17, 15) is 9.59 Å². The quantitative estimate of drug-likeness (QED) is 0.848. The number of rotatable bonds is 4. The van der Waals surface area contributed by atoms with Gasteiger partial charge in [0.05, 0.1) is 11.9 Å². The van der Waals surface area contributed by atoms with Gasteiger partial charge >= 0.3 is 6.09 Å². The van der Waals surface area contributed by atoms with Crippen molar-refractivity contribution in [2.75, 3.05) is 6.54 Å². The number of nitrogens with one attached hydrogen (secondary N) is 2. The lowest BCUT2D eigenvalue weighted by Gasteiger charge is -2.37. The molecule has 3 aliphatic carbocycles. The van der Waals surface area contributed by atoms with Crippen LogP contribution in [0.15, 0.2) is 12.4 Å². The maximum Gasteiger partial charge on any atom is 0.407 e. The third-order valence-electron chi connectivity index (χ3n) is 6.53. The molecule has 1 aromatic rings. The van der Waals surface area contributed by atoms with E-state index in [2.05, 4.69) is 20.6 Å². The van der Waals surface area contributed by atoms with E-state index in [-0.39, 0.29) is 17.5 Å². The van der Waals surface area contributed by atoms with Crippen LogP contribution in [-0.2, 0) is 4.74 Å². The Morgan fingerprint density at radius 1 is 1.33 bits per heavy atom. The SMILES string of the molecule is CCNC(=O)OC12CC3CCCC(NC(=O)c4cncc(C)n4)(C1)C(C3)C2. The maximum absolute atomic E-state index is 12.9. The zero-order valence-corrected chi connectivity index (χ0v) is 16.1. The largest absolute Gasteiger partial charge is 0.443 e. The molecule has 2 amide bonds. The van der Waals surface area contributed by atoms with E-state index in [0.29, 0.717) is 30.5 Å². The topological polar surface area (TPSA) is 93.2 Å². The van der Waals surface area contributed by atoms with Gasteiger partial charge in [0.1, 0.15) is 11.3 Å². The van der Waals surface area contributed by atoms with E-state index in [1.54, 1.807) is 6.20 Å². The second kappa shape index (κ2) is 6.77. The summed E-state index contributed by atoms with van der Waals surface area (Å²) >= 11 is 0. The summed E-state index contributed by atoms with van der Waals surface area (Å²) in [4.78, 5) is 33.5. The summed E-state index contributed by atoms with van der Waals surface area (Å²) in [6, 6.07) is 0. The number of hydrogen-bond acceptors (Lipinski definition) is 5. The fraction of sp³-hybridized carbons (Fsp3) is 0.700. The number of carbonyl (C=O) groups is 2. The fourth-order valence-electron chi connectivity index (χ4n) is 5.70. The smallest absolute Gasteiger partial charge is 0.407 e. The summed E-state index contributed by atoms with van der Waals surface area (Å²) in [5, 5.41) is 6.07. The van der Waals surface area contributed by atoms with Gasteiger partial charge in [-0.2, -0.15) is 0 Å². The van der Waals surface area contributed by atoms with E-state index in [1.807, 2.05) is 13.8 Å². The number of amides is 2. The molecular weight excluding hydrogens is 344 g/mol. The van der Waals surface area contributed by atoms with Crippen LogP contribution >= 0.6 is 0 Å². The number of hydrogen-bond donors (Lipinski definition) is 2. The first kappa shape index (κ1) is 18.2. The molecule has 3 saturated carbocycles. The number of ether oxygens (including phenoxy) is 1. The molecule has 0 radical (unpaired) electrons. The van der Waals surface area contributed by atoms with Crippen molar-refractivity contribution < 1.29 is 14.3 Å². The number of aromatic nitrogens is 2. The number of aryl methyl sites for hydroxylation is 1. The Balaban J connectivity index is 1.59. The van der Waals surface area contributed by atoms with Gasteiger partial charge in [0, 0.05) is 24.7 Å². The lowest BCUT2D eigenvalue weighted by atomic mass is 9.77. The van der Waals surface area contributed by atoms with Gasteiger partial charge in [0.2, 0.25) is 0 Å². The Labute approximate surface area is 159 Å². The highest BCUT2D eigenvalue weighted by molar-refractivity contribution is 5.92. The Morgan fingerprint density at radius 3 is 2.96 bits per heavy atom. The third-order valence-corrected chi connectivity index (χ3v) is 6.53. The number of alkyl carbamates (subject to hydrolysis) is 1. The summed E-state index contributed by atoms with van der Waals surface area (Å²) < 4.78 is 5.95. The minimum atomic E-state index is -0.460. The zero-order valence-electron chi connectivity index (χ0n) is 16.1. The van der Waals surface area contributed by atoms with Crippen molar-refractivity contribution in [1.29, 1.82) is 0 Å². The average molecular weight is 372 g/mol. The lowest BCUT2D eigenvalue weighted by molar-refractivity contribution is -0.0235. The molecule has 7 heteroatoms. The molecule has 27 heavy (non-hydrogen) atoms. The van der Waals surface area contributed by atoms with Crippen molar-refractivity contribution in [3.05, 3.63) is 23.8 Å². The molecule has 1 aromatic heterocycles. The molecule has 3 bridgehead atoms. The van der Waals surface area contributed by atoms with Gasteiger partial charge in [-0.25, -0.2) is 9.78 Å². The summed E-state index contributed by atoms with van der Waals surface area (Å²) in [5.74, 6) is 0.735. The molecule has 4 atom stereocenters. The molecule has 3 aliphatic rings. The van der Waals surface area contributed by atoms with Gasteiger partial charge in [-0.15, -0.1) is 0 Å². The molecule has 7 nitrogen and oxygen atoms in total. The van der Waals surface area contributed by atoms with Crippen molar-refractivity contribution >= 4 is 12.0 Å². The summed E-state index contributed by atoms with van der Waals surface area (Å²) in [6.07, 6.45) is 9.51. The van der Waals surface area contributed by atoms with Crippen LogP contribution in [0.1, 0.15) is 68.1 Å². The van der Waals surface area contributed by atoms with Crippen LogP contribution in [0.3, 0.4) is 0 Å².